The lowest BCUT2D eigenvalue weighted by atomic mass is 9.50. The van der Waals surface area contributed by atoms with Gasteiger partial charge in [-0.05, 0) is 64.2 Å². The Hall–Kier alpha value is -4.05. The fourth-order valence-corrected chi connectivity index (χ4v) is 6.06. The van der Waals surface area contributed by atoms with Gasteiger partial charge in [-0.2, -0.15) is 27.2 Å². The van der Waals surface area contributed by atoms with Crippen molar-refractivity contribution in [3.63, 3.8) is 0 Å². The molecule has 2 N–H and O–H groups in total. The van der Waals surface area contributed by atoms with Gasteiger partial charge in [-0.1, -0.05) is 22.9 Å². The number of halogens is 6. The molecule has 0 amide bonds. The van der Waals surface area contributed by atoms with E-state index < -0.39 is 36.1 Å². The molecule has 3 aliphatic carbocycles. The largest absolute Gasteiger partial charge is 0.395 e. The molecule has 3 saturated carbocycles. The SMILES string of the molecule is Cc1nc(F)ccc1[C@H](Nc1cc(Cl)c2ncc(C#N)c(NCC(C)(C)C(F)(F)F)c2c1)c1nnn(C23CC(C2)C3)c1F. The smallest absolute Gasteiger partial charge is 0.382 e. The minimum Gasteiger partial charge on any atom is -0.382 e. The van der Waals surface area contributed by atoms with E-state index in [2.05, 4.69) is 30.9 Å². The lowest BCUT2D eigenvalue weighted by Gasteiger charge is -2.60. The van der Waals surface area contributed by atoms with Gasteiger partial charge in [-0.25, -0.2) is 9.67 Å². The number of alkyl halides is 3. The molecule has 1 aromatic carbocycles. The lowest BCUT2D eigenvalue weighted by Crippen LogP contribution is -2.60. The molecule has 3 aliphatic rings. The number of rotatable bonds is 8. The number of anilines is 2. The Morgan fingerprint density at radius 3 is 2.51 bits per heavy atom. The molecule has 3 heterocycles. The van der Waals surface area contributed by atoms with Crippen molar-refractivity contribution in [1.82, 2.24) is 25.0 Å². The van der Waals surface area contributed by atoms with Crippen LogP contribution in [0.3, 0.4) is 0 Å². The van der Waals surface area contributed by atoms with Crippen molar-refractivity contribution in [2.24, 2.45) is 11.3 Å². The number of aryl methyl sites for hydroxylation is 1. The van der Waals surface area contributed by atoms with E-state index in [0.29, 0.717) is 17.2 Å². The summed E-state index contributed by atoms with van der Waals surface area (Å²) in [6, 6.07) is 6.68. The summed E-state index contributed by atoms with van der Waals surface area (Å²) in [5.41, 5.74) is -1.12. The fourth-order valence-electron chi connectivity index (χ4n) is 5.79. The van der Waals surface area contributed by atoms with Crippen LogP contribution in [0.4, 0.5) is 33.3 Å². The van der Waals surface area contributed by atoms with E-state index in [0.717, 1.165) is 39.2 Å². The van der Waals surface area contributed by atoms with Crippen molar-refractivity contribution in [2.75, 3.05) is 17.2 Å². The van der Waals surface area contributed by atoms with Crippen molar-refractivity contribution in [3.05, 3.63) is 69.9 Å². The number of hydrogen-bond acceptors (Lipinski definition) is 7. The first-order chi connectivity index (χ1) is 20.2. The molecule has 7 rings (SSSR count). The second-order valence-corrected chi connectivity index (χ2v) is 12.4. The van der Waals surface area contributed by atoms with Crippen LogP contribution in [0.5, 0.6) is 0 Å². The average Bonchev–Trinajstić information content (AvgIpc) is 3.24. The molecular weight excluding hydrogens is 591 g/mol. The van der Waals surface area contributed by atoms with E-state index in [1.54, 1.807) is 13.0 Å². The van der Waals surface area contributed by atoms with Gasteiger partial charge in [-0.3, -0.25) is 4.98 Å². The molecule has 4 aromatic rings. The number of hydrogen-bond donors (Lipinski definition) is 2. The topological polar surface area (TPSA) is 104 Å². The first-order valence-electron chi connectivity index (χ1n) is 13.6. The zero-order chi connectivity index (χ0) is 30.9. The molecule has 0 radical (unpaired) electrons. The van der Waals surface area contributed by atoms with Crippen LogP contribution in [0, 0.1) is 41.5 Å². The molecule has 14 heteroatoms. The van der Waals surface area contributed by atoms with Crippen molar-refractivity contribution in [1.29, 1.82) is 5.26 Å². The summed E-state index contributed by atoms with van der Waals surface area (Å²) in [7, 11) is 0. The minimum absolute atomic E-state index is 0.0152. The highest BCUT2D eigenvalue weighted by Crippen LogP contribution is 2.62. The summed E-state index contributed by atoms with van der Waals surface area (Å²) in [6.07, 6.45) is -0.777. The molecule has 1 atom stereocenters. The molecule has 0 aliphatic heterocycles. The van der Waals surface area contributed by atoms with Gasteiger partial charge in [0.15, 0.2) is 0 Å². The monoisotopic (exact) mass is 616 g/mol. The zero-order valence-corrected chi connectivity index (χ0v) is 24.1. The molecule has 43 heavy (non-hydrogen) atoms. The fraction of sp³-hybridized carbons (Fsp3) is 0.414. The van der Waals surface area contributed by atoms with Crippen LogP contribution in [0.15, 0.2) is 30.5 Å². The first kappa shape index (κ1) is 29.0. The maximum atomic E-state index is 16.0. The minimum atomic E-state index is -4.50. The van der Waals surface area contributed by atoms with E-state index in [4.69, 9.17) is 11.6 Å². The number of benzene rings is 1. The van der Waals surface area contributed by atoms with E-state index in [1.165, 1.54) is 23.0 Å². The Kier molecular flexibility index (Phi) is 6.76. The molecule has 2 bridgehead atoms. The molecule has 3 aromatic heterocycles. The first-order valence-corrected chi connectivity index (χ1v) is 13.9. The molecule has 0 spiro atoms. The van der Waals surface area contributed by atoms with E-state index in [9.17, 15) is 22.8 Å². The van der Waals surface area contributed by atoms with Crippen LogP contribution < -0.4 is 10.6 Å². The molecule has 0 saturated heterocycles. The third kappa shape index (κ3) is 4.81. The quantitative estimate of drug-likeness (QED) is 0.162. The summed E-state index contributed by atoms with van der Waals surface area (Å²) >= 11 is 6.59. The third-order valence-corrected chi connectivity index (χ3v) is 8.89. The second kappa shape index (κ2) is 10.0. The van der Waals surface area contributed by atoms with Crippen LogP contribution >= 0.6 is 11.6 Å². The molecule has 224 valence electrons. The second-order valence-electron chi connectivity index (χ2n) is 12.0. The summed E-state index contributed by atoms with van der Waals surface area (Å²) < 4.78 is 72.0. The van der Waals surface area contributed by atoms with Crippen LogP contribution in [0.2, 0.25) is 5.02 Å². The van der Waals surface area contributed by atoms with Crippen molar-refractivity contribution in [2.45, 2.75) is 57.8 Å². The standard InChI is InChI=1S/C29H26ClF5N8/c1-14-18(4-5-21(31)39-14)24(25-26(32)43(42-41-25)28-8-15(9-28)10-28)40-17-6-19-22(38-13-27(2,3)29(33,34)35)16(11-36)12-37-23(19)20(30)7-17/h4-7,12,15,24,40H,8-10,13H2,1-3H3,(H,37,38)/t15?,24-,28?/m0/s1. The Balaban J connectivity index is 1.44. The Bertz CT molecular complexity index is 1780. The summed E-state index contributed by atoms with van der Waals surface area (Å²) in [6.45, 7) is 3.15. The van der Waals surface area contributed by atoms with E-state index in [1.807, 2.05) is 6.07 Å². The highest BCUT2D eigenvalue weighted by Gasteiger charge is 2.60. The Morgan fingerprint density at radius 2 is 1.91 bits per heavy atom. The van der Waals surface area contributed by atoms with Crippen LogP contribution in [0.25, 0.3) is 10.9 Å². The van der Waals surface area contributed by atoms with Gasteiger partial charge in [0.2, 0.25) is 11.9 Å². The van der Waals surface area contributed by atoms with Crippen molar-refractivity contribution in [3.8, 4) is 6.07 Å². The maximum absolute atomic E-state index is 16.0. The van der Waals surface area contributed by atoms with Gasteiger partial charge in [0.05, 0.1) is 32.7 Å². The summed E-state index contributed by atoms with van der Waals surface area (Å²) in [4.78, 5) is 8.14. The highest BCUT2D eigenvalue weighted by molar-refractivity contribution is 6.35. The summed E-state index contributed by atoms with van der Waals surface area (Å²) in [5.74, 6) is -0.767. The van der Waals surface area contributed by atoms with Gasteiger partial charge in [-0.15, -0.1) is 5.10 Å². The van der Waals surface area contributed by atoms with Gasteiger partial charge in [0, 0.05) is 35.1 Å². The number of fused-ring (bicyclic) bond motifs is 1. The van der Waals surface area contributed by atoms with Gasteiger partial charge in [0.1, 0.15) is 17.8 Å². The molecule has 3 fully saturated rings. The predicted molar refractivity (Wildman–Crippen MR) is 149 cm³/mol. The molecular formula is C29H26ClF5N8. The predicted octanol–water partition coefficient (Wildman–Crippen LogP) is 7.04. The number of aromatic nitrogens is 5. The van der Waals surface area contributed by atoms with Gasteiger partial charge >= 0.3 is 6.18 Å². The third-order valence-electron chi connectivity index (χ3n) is 8.60. The number of pyridine rings is 2. The van der Waals surface area contributed by atoms with Crippen LogP contribution in [-0.2, 0) is 5.54 Å². The van der Waals surface area contributed by atoms with E-state index in [-0.39, 0.29) is 44.1 Å². The lowest BCUT2D eigenvalue weighted by molar-refractivity contribution is -0.206. The Morgan fingerprint density at radius 1 is 1.19 bits per heavy atom. The van der Waals surface area contributed by atoms with Crippen LogP contribution in [0.1, 0.15) is 61.7 Å². The van der Waals surface area contributed by atoms with Gasteiger partial charge in [0.25, 0.3) is 0 Å². The van der Waals surface area contributed by atoms with E-state index >= 15 is 4.39 Å². The van der Waals surface area contributed by atoms with Crippen molar-refractivity contribution >= 4 is 33.9 Å². The van der Waals surface area contributed by atoms with Crippen molar-refractivity contribution < 1.29 is 22.0 Å². The number of nitriles is 1. The summed E-state index contributed by atoms with van der Waals surface area (Å²) in [5, 5.41) is 24.4. The average molecular weight is 617 g/mol. The Labute approximate surface area is 248 Å². The van der Waals surface area contributed by atoms with Gasteiger partial charge < -0.3 is 10.6 Å². The number of nitrogens with one attached hydrogen (secondary N) is 2. The molecule has 0 unspecified atom stereocenters. The molecule has 8 nitrogen and oxygen atoms in total. The maximum Gasteiger partial charge on any atom is 0.395 e. The number of nitrogens with zero attached hydrogens (tertiary/aromatic N) is 6. The normalized spacial score (nSPS) is 20.2. The highest BCUT2D eigenvalue weighted by atomic mass is 35.5. The van der Waals surface area contributed by atoms with Crippen LogP contribution in [-0.4, -0.2) is 37.7 Å². The zero-order valence-electron chi connectivity index (χ0n) is 23.3.